The van der Waals surface area contributed by atoms with Crippen molar-refractivity contribution in [1.29, 1.82) is 0 Å². The number of nitrogens with zero attached hydrogens (tertiary/aromatic N) is 6. The van der Waals surface area contributed by atoms with Crippen LogP contribution in [0.5, 0.6) is 0 Å². The lowest BCUT2D eigenvalue weighted by Gasteiger charge is -2.33. The van der Waals surface area contributed by atoms with E-state index in [9.17, 15) is 4.39 Å². The van der Waals surface area contributed by atoms with Crippen LogP contribution in [0, 0.1) is 12.7 Å². The Hall–Kier alpha value is -3.10. The molecule has 4 heterocycles. The van der Waals surface area contributed by atoms with Gasteiger partial charge in [0, 0.05) is 48.0 Å². The Balaban J connectivity index is 1.60. The molecular formula is C22H20ClFN6O. The van der Waals surface area contributed by atoms with Crippen molar-refractivity contribution < 1.29 is 9.13 Å². The standard InChI is InChI=1S/C22H20ClFN6O/c1-13-9-25-22-21(27-13)17(16-4-3-15(23)7-18(16)24)8-20(28-22)30-5-6-31-19(12-30)14-10-26-29(2)11-14/h3-4,7-11,19H,5-6,12H2,1-2H3/t19-/m1/s1. The van der Waals surface area contributed by atoms with Crippen molar-refractivity contribution >= 4 is 28.6 Å². The average molecular weight is 439 g/mol. The highest BCUT2D eigenvalue weighted by molar-refractivity contribution is 6.30. The number of ether oxygens (including phenoxy) is 1. The first-order chi connectivity index (χ1) is 15.0. The maximum absolute atomic E-state index is 14.8. The lowest BCUT2D eigenvalue weighted by atomic mass is 10.0. The zero-order valence-corrected chi connectivity index (χ0v) is 17.8. The summed E-state index contributed by atoms with van der Waals surface area (Å²) >= 11 is 5.97. The van der Waals surface area contributed by atoms with Crippen LogP contribution in [0.3, 0.4) is 0 Å². The van der Waals surface area contributed by atoms with Gasteiger partial charge in [-0.1, -0.05) is 11.6 Å². The number of halogens is 2. The van der Waals surface area contributed by atoms with E-state index in [-0.39, 0.29) is 6.10 Å². The third-order valence-electron chi connectivity index (χ3n) is 5.33. The van der Waals surface area contributed by atoms with Crippen LogP contribution in [0.4, 0.5) is 10.2 Å². The Labute approximate surface area is 183 Å². The van der Waals surface area contributed by atoms with Crippen molar-refractivity contribution in [1.82, 2.24) is 24.7 Å². The topological polar surface area (TPSA) is 69.0 Å². The van der Waals surface area contributed by atoms with Gasteiger partial charge in [0.1, 0.15) is 23.3 Å². The first-order valence-corrected chi connectivity index (χ1v) is 10.3. The van der Waals surface area contributed by atoms with Gasteiger partial charge in [0.2, 0.25) is 0 Å². The molecule has 1 atom stereocenters. The fourth-order valence-electron chi connectivity index (χ4n) is 3.81. The molecule has 0 amide bonds. The van der Waals surface area contributed by atoms with Crippen molar-refractivity contribution in [2.24, 2.45) is 7.05 Å². The Morgan fingerprint density at radius 1 is 1.16 bits per heavy atom. The predicted octanol–water partition coefficient (Wildman–Crippen LogP) is 4.10. The molecule has 1 fully saturated rings. The summed E-state index contributed by atoms with van der Waals surface area (Å²) < 4.78 is 22.5. The van der Waals surface area contributed by atoms with Crippen molar-refractivity contribution in [3.63, 3.8) is 0 Å². The smallest absolute Gasteiger partial charge is 0.180 e. The summed E-state index contributed by atoms with van der Waals surface area (Å²) in [6.45, 7) is 3.66. The quantitative estimate of drug-likeness (QED) is 0.479. The molecule has 7 nitrogen and oxygen atoms in total. The Bertz CT molecular complexity index is 1280. The largest absolute Gasteiger partial charge is 0.370 e. The number of pyridine rings is 1. The van der Waals surface area contributed by atoms with E-state index in [1.54, 1.807) is 23.0 Å². The molecular weight excluding hydrogens is 419 g/mol. The molecule has 4 aromatic rings. The molecule has 158 valence electrons. The van der Waals surface area contributed by atoms with Crippen LogP contribution in [0.1, 0.15) is 17.4 Å². The maximum atomic E-state index is 14.8. The second kappa shape index (κ2) is 7.86. The van der Waals surface area contributed by atoms with Crippen molar-refractivity contribution in [3.05, 3.63) is 65.0 Å². The molecule has 9 heteroatoms. The van der Waals surface area contributed by atoms with Gasteiger partial charge in [-0.25, -0.2) is 19.3 Å². The summed E-state index contributed by atoms with van der Waals surface area (Å²) in [6.07, 6.45) is 5.30. The lowest BCUT2D eigenvalue weighted by Crippen LogP contribution is -2.38. The maximum Gasteiger partial charge on any atom is 0.180 e. The van der Waals surface area contributed by atoms with Gasteiger partial charge in [-0.15, -0.1) is 0 Å². The number of fused-ring (bicyclic) bond motifs is 1. The van der Waals surface area contributed by atoms with Crippen LogP contribution in [-0.4, -0.2) is 44.4 Å². The minimum absolute atomic E-state index is 0.125. The molecule has 0 aliphatic carbocycles. The number of hydrogen-bond donors (Lipinski definition) is 0. The Morgan fingerprint density at radius 3 is 2.81 bits per heavy atom. The highest BCUT2D eigenvalue weighted by Gasteiger charge is 2.25. The number of hydrogen-bond acceptors (Lipinski definition) is 6. The van der Waals surface area contributed by atoms with E-state index >= 15 is 0 Å². The van der Waals surface area contributed by atoms with E-state index < -0.39 is 5.82 Å². The molecule has 1 aliphatic rings. The zero-order chi connectivity index (χ0) is 21.5. The molecule has 1 aromatic carbocycles. The van der Waals surface area contributed by atoms with Crippen LogP contribution < -0.4 is 4.90 Å². The number of aryl methyl sites for hydroxylation is 2. The van der Waals surface area contributed by atoms with E-state index in [0.717, 1.165) is 11.3 Å². The second-order valence-corrected chi connectivity index (χ2v) is 8.03. The highest BCUT2D eigenvalue weighted by atomic mass is 35.5. The Kier molecular flexibility index (Phi) is 5.03. The normalized spacial score (nSPS) is 16.8. The number of benzene rings is 1. The first-order valence-electron chi connectivity index (χ1n) is 9.93. The molecule has 1 saturated heterocycles. The fourth-order valence-corrected chi connectivity index (χ4v) is 3.97. The zero-order valence-electron chi connectivity index (χ0n) is 17.1. The molecule has 0 radical (unpaired) electrons. The van der Waals surface area contributed by atoms with Crippen LogP contribution in [0.25, 0.3) is 22.3 Å². The van der Waals surface area contributed by atoms with E-state index in [0.29, 0.717) is 52.8 Å². The molecule has 31 heavy (non-hydrogen) atoms. The molecule has 3 aromatic heterocycles. The first kappa shape index (κ1) is 19.8. The van der Waals surface area contributed by atoms with Crippen LogP contribution in [0.15, 0.2) is 42.9 Å². The third-order valence-corrected chi connectivity index (χ3v) is 5.57. The molecule has 1 aliphatic heterocycles. The van der Waals surface area contributed by atoms with E-state index in [1.807, 2.05) is 32.4 Å². The lowest BCUT2D eigenvalue weighted by molar-refractivity contribution is 0.0395. The summed E-state index contributed by atoms with van der Waals surface area (Å²) in [5.74, 6) is 0.289. The molecule has 0 N–H and O–H groups in total. The van der Waals surface area contributed by atoms with Gasteiger partial charge in [-0.05, 0) is 31.2 Å². The summed E-state index contributed by atoms with van der Waals surface area (Å²) in [7, 11) is 1.88. The van der Waals surface area contributed by atoms with Gasteiger partial charge in [-0.3, -0.25) is 4.68 Å². The van der Waals surface area contributed by atoms with E-state index in [1.165, 1.54) is 6.07 Å². The number of rotatable bonds is 3. The van der Waals surface area contributed by atoms with Gasteiger partial charge in [0.25, 0.3) is 0 Å². The molecule has 0 unspecified atom stereocenters. The molecule has 0 bridgehead atoms. The average Bonchev–Trinajstić information content (AvgIpc) is 3.20. The minimum Gasteiger partial charge on any atom is -0.370 e. The van der Waals surface area contributed by atoms with Crippen LogP contribution >= 0.6 is 11.6 Å². The fraction of sp³-hybridized carbons (Fsp3) is 0.273. The number of anilines is 1. The van der Waals surface area contributed by atoms with Gasteiger partial charge < -0.3 is 9.64 Å². The minimum atomic E-state index is -0.413. The third kappa shape index (κ3) is 3.84. The monoisotopic (exact) mass is 438 g/mol. The van der Waals surface area contributed by atoms with Crippen molar-refractivity contribution in [3.8, 4) is 11.1 Å². The van der Waals surface area contributed by atoms with E-state index in [2.05, 4.69) is 20.0 Å². The molecule has 5 rings (SSSR count). The van der Waals surface area contributed by atoms with Crippen molar-refractivity contribution in [2.45, 2.75) is 13.0 Å². The summed E-state index contributed by atoms with van der Waals surface area (Å²) in [6, 6.07) is 6.51. The van der Waals surface area contributed by atoms with Crippen LogP contribution in [0.2, 0.25) is 5.02 Å². The summed E-state index contributed by atoms with van der Waals surface area (Å²) in [4.78, 5) is 15.9. The van der Waals surface area contributed by atoms with Crippen LogP contribution in [-0.2, 0) is 11.8 Å². The van der Waals surface area contributed by atoms with E-state index in [4.69, 9.17) is 21.3 Å². The number of morpholine rings is 1. The summed E-state index contributed by atoms with van der Waals surface area (Å²) in [5, 5.41) is 4.58. The SMILES string of the molecule is Cc1cnc2nc(N3CCO[C@@H](c4cnn(C)c4)C3)cc(-c3ccc(Cl)cc3F)c2n1. The van der Waals surface area contributed by atoms with Crippen molar-refractivity contribution in [2.75, 3.05) is 24.6 Å². The highest BCUT2D eigenvalue weighted by Crippen LogP contribution is 2.34. The molecule has 0 spiro atoms. The summed E-state index contributed by atoms with van der Waals surface area (Å²) in [5.41, 5.74) is 3.82. The van der Waals surface area contributed by atoms with Gasteiger partial charge in [0.05, 0.1) is 24.7 Å². The second-order valence-electron chi connectivity index (χ2n) is 7.59. The number of aromatic nitrogens is 5. The predicted molar refractivity (Wildman–Crippen MR) is 117 cm³/mol. The Morgan fingerprint density at radius 2 is 2.03 bits per heavy atom. The van der Waals surface area contributed by atoms with Gasteiger partial charge in [-0.2, -0.15) is 5.10 Å². The van der Waals surface area contributed by atoms with Gasteiger partial charge in [0.15, 0.2) is 5.65 Å². The molecule has 0 saturated carbocycles. The van der Waals surface area contributed by atoms with Gasteiger partial charge >= 0.3 is 0 Å².